The van der Waals surface area contributed by atoms with E-state index in [1.165, 1.54) is 12.8 Å². The van der Waals surface area contributed by atoms with Crippen LogP contribution in [0.25, 0.3) is 10.9 Å². The lowest BCUT2D eigenvalue weighted by molar-refractivity contribution is 0.0834. The van der Waals surface area contributed by atoms with Crippen molar-refractivity contribution in [3.63, 3.8) is 0 Å². The molecule has 0 unspecified atom stereocenters. The molecule has 3 nitrogen and oxygen atoms in total. The van der Waals surface area contributed by atoms with Crippen LogP contribution in [0.3, 0.4) is 0 Å². The first-order valence-electron chi connectivity index (χ1n) is 8.58. The van der Waals surface area contributed by atoms with Crippen molar-refractivity contribution in [3.8, 4) is 0 Å². The molecule has 1 aliphatic carbocycles. The number of rotatable bonds is 2. The largest absolute Gasteiger partial charge is 0.358 e. The summed E-state index contributed by atoms with van der Waals surface area (Å²) in [4.78, 5) is 18.9. The average molecular weight is 296 g/mol. The van der Waals surface area contributed by atoms with Crippen LogP contribution in [0.5, 0.6) is 0 Å². The first kappa shape index (κ1) is 14.0. The van der Waals surface area contributed by atoms with Crippen LogP contribution in [0.15, 0.2) is 24.3 Å². The molecule has 0 radical (unpaired) electrons. The lowest BCUT2D eigenvalue weighted by Gasteiger charge is -2.33. The van der Waals surface area contributed by atoms with Crippen LogP contribution in [0.2, 0.25) is 0 Å². The van der Waals surface area contributed by atoms with Crippen molar-refractivity contribution in [2.45, 2.75) is 32.6 Å². The van der Waals surface area contributed by atoms with E-state index in [-0.39, 0.29) is 5.92 Å². The van der Waals surface area contributed by atoms with Gasteiger partial charge < -0.3 is 9.88 Å². The average Bonchev–Trinajstić information content (AvgIpc) is 2.91. The second kappa shape index (κ2) is 5.54. The molecule has 4 rings (SSSR count). The number of para-hydroxylation sites is 1. The second-order valence-corrected chi connectivity index (χ2v) is 7.11. The van der Waals surface area contributed by atoms with E-state index in [9.17, 15) is 4.79 Å². The molecular formula is C19H24N2O. The minimum atomic E-state index is 0.181. The lowest BCUT2D eigenvalue weighted by atomic mass is 9.84. The zero-order valence-electron chi connectivity index (χ0n) is 13.3. The first-order chi connectivity index (χ1) is 10.7. The lowest BCUT2D eigenvalue weighted by Crippen LogP contribution is -2.40. The summed E-state index contributed by atoms with van der Waals surface area (Å²) >= 11 is 0. The van der Waals surface area contributed by atoms with Gasteiger partial charge in [0.25, 0.3) is 0 Å². The van der Waals surface area contributed by atoms with E-state index >= 15 is 0 Å². The Morgan fingerprint density at radius 2 is 1.95 bits per heavy atom. The molecule has 1 atom stereocenters. The number of Topliss-reactive ketones (excluding diaryl/α,β-unsaturated/α-hetero) is 1. The maximum absolute atomic E-state index is 13.0. The van der Waals surface area contributed by atoms with Crippen LogP contribution >= 0.6 is 0 Å². The maximum atomic E-state index is 13.0. The second-order valence-electron chi connectivity index (χ2n) is 7.11. The zero-order valence-corrected chi connectivity index (χ0v) is 13.3. The molecule has 0 spiro atoms. The summed E-state index contributed by atoms with van der Waals surface area (Å²) in [6.07, 6.45) is 4.55. The van der Waals surface area contributed by atoms with E-state index in [0.29, 0.717) is 5.78 Å². The molecule has 0 saturated carbocycles. The van der Waals surface area contributed by atoms with Crippen LogP contribution in [0.4, 0.5) is 0 Å². The van der Waals surface area contributed by atoms with Crippen molar-refractivity contribution in [1.29, 1.82) is 0 Å². The fourth-order valence-corrected chi connectivity index (χ4v) is 4.05. The molecule has 1 aromatic heterocycles. The Morgan fingerprint density at radius 1 is 1.18 bits per heavy atom. The number of carbonyl (C=O) groups excluding carboxylic acids is 1. The molecular weight excluding hydrogens is 272 g/mol. The number of piperidine rings is 1. The van der Waals surface area contributed by atoms with Gasteiger partial charge in [0.2, 0.25) is 0 Å². The topological polar surface area (TPSA) is 36.1 Å². The van der Waals surface area contributed by atoms with Crippen LogP contribution in [-0.2, 0) is 6.42 Å². The van der Waals surface area contributed by atoms with E-state index in [2.05, 4.69) is 28.9 Å². The molecule has 1 N–H and O–H groups in total. The number of likely N-dealkylation sites (tertiary alicyclic amines) is 1. The molecule has 3 heteroatoms. The van der Waals surface area contributed by atoms with Gasteiger partial charge in [0.05, 0.1) is 0 Å². The highest BCUT2D eigenvalue weighted by molar-refractivity contribution is 6.11. The highest BCUT2D eigenvalue weighted by Crippen LogP contribution is 2.32. The van der Waals surface area contributed by atoms with Crippen LogP contribution in [0, 0.1) is 11.8 Å². The van der Waals surface area contributed by atoms with E-state index in [1.54, 1.807) is 0 Å². The summed E-state index contributed by atoms with van der Waals surface area (Å²) in [6, 6.07) is 8.20. The summed E-state index contributed by atoms with van der Waals surface area (Å²) < 4.78 is 0. The normalized spacial score (nSPS) is 23.9. The van der Waals surface area contributed by atoms with Gasteiger partial charge in [-0.05, 0) is 50.8 Å². The number of H-pyrrole nitrogens is 1. The number of hydrogen-bond acceptors (Lipinski definition) is 2. The Labute approximate surface area is 131 Å². The minimum Gasteiger partial charge on any atom is -0.358 e. The third-order valence-corrected chi connectivity index (χ3v) is 5.50. The predicted molar refractivity (Wildman–Crippen MR) is 89.3 cm³/mol. The Bertz CT molecular complexity index is 695. The van der Waals surface area contributed by atoms with Crippen molar-refractivity contribution < 1.29 is 4.79 Å². The molecule has 1 aliphatic heterocycles. The highest BCUT2D eigenvalue weighted by atomic mass is 16.1. The fourth-order valence-electron chi connectivity index (χ4n) is 4.05. The molecule has 1 fully saturated rings. The summed E-state index contributed by atoms with van der Waals surface area (Å²) in [5.41, 5.74) is 3.22. The summed E-state index contributed by atoms with van der Waals surface area (Å²) in [5, 5.41) is 1.11. The number of fused-ring (bicyclic) bond motifs is 3. The Kier molecular flexibility index (Phi) is 3.53. The molecule has 2 aromatic rings. The van der Waals surface area contributed by atoms with Crippen molar-refractivity contribution in [2.24, 2.45) is 11.8 Å². The number of benzene rings is 1. The molecule has 22 heavy (non-hydrogen) atoms. The Hall–Kier alpha value is -1.61. The summed E-state index contributed by atoms with van der Waals surface area (Å²) in [7, 11) is 0. The predicted octanol–water partition coefficient (Wildman–Crippen LogP) is 3.64. The summed E-state index contributed by atoms with van der Waals surface area (Å²) in [6.45, 7) is 5.60. The van der Waals surface area contributed by atoms with Crippen LogP contribution < -0.4 is 0 Å². The van der Waals surface area contributed by atoms with E-state index < -0.39 is 0 Å². The number of aromatic nitrogens is 1. The minimum absolute atomic E-state index is 0.181. The number of carbonyl (C=O) groups is 1. The monoisotopic (exact) mass is 296 g/mol. The number of nitrogens with one attached hydrogen (secondary N) is 1. The van der Waals surface area contributed by atoms with Gasteiger partial charge >= 0.3 is 0 Å². The first-order valence-corrected chi connectivity index (χ1v) is 8.58. The molecule has 1 saturated heterocycles. The van der Waals surface area contributed by atoms with E-state index in [0.717, 1.165) is 60.6 Å². The van der Waals surface area contributed by atoms with Gasteiger partial charge in [-0.3, -0.25) is 4.79 Å². The molecule has 1 aromatic carbocycles. The van der Waals surface area contributed by atoms with Crippen LogP contribution in [-0.4, -0.2) is 35.3 Å². The molecule has 116 valence electrons. The number of aromatic amines is 1. The SMILES string of the molecule is CC1CCN(C[C@@H]2CCc3[nH]c4ccccc4c3C2=O)CC1. The van der Waals surface area contributed by atoms with E-state index in [4.69, 9.17) is 0 Å². The smallest absolute Gasteiger partial charge is 0.169 e. The number of hydrogen-bond donors (Lipinski definition) is 1. The van der Waals surface area contributed by atoms with Gasteiger partial charge in [-0.15, -0.1) is 0 Å². The summed E-state index contributed by atoms with van der Waals surface area (Å²) in [5.74, 6) is 1.39. The third-order valence-electron chi connectivity index (χ3n) is 5.50. The molecule has 2 aliphatic rings. The zero-order chi connectivity index (χ0) is 15.1. The van der Waals surface area contributed by atoms with Crippen molar-refractivity contribution in [1.82, 2.24) is 9.88 Å². The van der Waals surface area contributed by atoms with Gasteiger partial charge in [-0.2, -0.15) is 0 Å². The standard InChI is InChI=1S/C19H24N2O/c1-13-8-10-21(11-9-13)12-14-6-7-17-18(19(14)22)15-4-2-3-5-16(15)20-17/h2-5,13-14,20H,6-12H2,1H3/t14-/m0/s1. The third kappa shape index (κ3) is 2.38. The molecule has 0 amide bonds. The van der Waals surface area contributed by atoms with Crippen molar-refractivity contribution >= 4 is 16.7 Å². The van der Waals surface area contributed by atoms with Gasteiger partial charge in [0, 0.05) is 34.6 Å². The van der Waals surface area contributed by atoms with Gasteiger partial charge in [0.1, 0.15) is 0 Å². The van der Waals surface area contributed by atoms with Crippen molar-refractivity contribution in [3.05, 3.63) is 35.5 Å². The molecule has 0 bridgehead atoms. The van der Waals surface area contributed by atoms with Crippen LogP contribution in [0.1, 0.15) is 42.2 Å². The maximum Gasteiger partial charge on any atom is 0.169 e. The van der Waals surface area contributed by atoms with Gasteiger partial charge in [-0.25, -0.2) is 0 Å². The quantitative estimate of drug-likeness (QED) is 0.918. The van der Waals surface area contributed by atoms with Crippen molar-refractivity contribution in [2.75, 3.05) is 19.6 Å². The van der Waals surface area contributed by atoms with Gasteiger partial charge in [0.15, 0.2) is 5.78 Å². The van der Waals surface area contributed by atoms with Gasteiger partial charge in [-0.1, -0.05) is 25.1 Å². The fraction of sp³-hybridized carbons (Fsp3) is 0.526. The number of nitrogens with zero attached hydrogens (tertiary/aromatic N) is 1. The molecule has 2 heterocycles. The highest BCUT2D eigenvalue weighted by Gasteiger charge is 2.32. The number of aryl methyl sites for hydroxylation is 1. The Morgan fingerprint density at radius 3 is 2.77 bits per heavy atom. The van der Waals surface area contributed by atoms with E-state index in [1.807, 2.05) is 12.1 Å². The Balaban J connectivity index is 1.56. The number of ketones is 1.